The van der Waals surface area contributed by atoms with Gasteiger partial charge in [0, 0.05) is 36.1 Å². The number of nitrogens with zero attached hydrogens (tertiary/aromatic N) is 1. The predicted molar refractivity (Wildman–Crippen MR) is 49.4 cm³/mol. The van der Waals surface area contributed by atoms with E-state index in [4.69, 9.17) is 17.2 Å². The van der Waals surface area contributed by atoms with Crippen LogP contribution in [-0.4, -0.2) is 10.9 Å². The van der Waals surface area contributed by atoms with Gasteiger partial charge in [-0.3, -0.25) is 9.78 Å². The number of nitrogen functional groups attached to an aromatic ring is 1. The Kier molecular flexibility index (Phi) is 2.81. The van der Waals surface area contributed by atoms with Crippen LogP contribution in [0.3, 0.4) is 0 Å². The number of aromatic nitrogens is 1. The van der Waals surface area contributed by atoms with Gasteiger partial charge in [0.1, 0.15) is 0 Å². The lowest BCUT2D eigenvalue weighted by molar-refractivity contribution is -0.118. The smallest absolute Gasteiger partial charge is 0.219 e. The molecule has 0 radical (unpaired) electrons. The Bertz CT molecular complexity index is 313. The zero-order valence-corrected chi connectivity index (χ0v) is 7.10. The van der Waals surface area contributed by atoms with E-state index in [0.29, 0.717) is 11.3 Å². The number of pyridine rings is 1. The normalized spacial score (nSPS) is 12.4. The highest BCUT2D eigenvalue weighted by atomic mass is 16.1. The summed E-state index contributed by atoms with van der Waals surface area (Å²) in [5.41, 5.74) is 17.5. The van der Waals surface area contributed by atoms with Crippen LogP contribution in [0.2, 0.25) is 0 Å². The molecule has 70 valence electrons. The Hall–Kier alpha value is -1.62. The fourth-order valence-corrected chi connectivity index (χ4v) is 1.05. The molecule has 1 heterocycles. The summed E-state index contributed by atoms with van der Waals surface area (Å²) in [6.07, 6.45) is 3.19. The summed E-state index contributed by atoms with van der Waals surface area (Å²) in [5, 5.41) is 0. The van der Waals surface area contributed by atoms with E-state index in [2.05, 4.69) is 4.98 Å². The first-order valence-corrected chi connectivity index (χ1v) is 3.84. The van der Waals surface area contributed by atoms with Gasteiger partial charge >= 0.3 is 0 Å². The molecule has 1 unspecified atom stereocenters. The topological polar surface area (TPSA) is 108 Å². The first-order valence-electron chi connectivity index (χ1n) is 3.84. The van der Waals surface area contributed by atoms with Gasteiger partial charge in [-0.05, 0) is 6.07 Å². The molecule has 1 aromatic heterocycles. The van der Waals surface area contributed by atoms with Crippen molar-refractivity contribution in [1.82, 2.24) is 4.98 Å². The second-order valence-electron chi connectivity index (χ2n) is 2.78. The monoisotopic (exact) mass is 180 g/mol. The molecule has 0 fully saturated rings. The van der Waals surface area contributed by atoms with Crippen molar-refractivity contribution in [3.63, 3.8) is 0 Å². The summed E-state index contributed by atoms with van der Waals surface area (Å²) in [6.45, 7) is 0. The lowest BCUT2D eigenvalue weighted by atomic mass is 10.1. The fraction of sp³-hybridized carbons (Fsp3) is 0.250. The number of nitrogens with two attached hydrogens (primary N) is 3. The van der Waals surface area contributed by atoms with E-state index in [0.717, 1.165) is 0 Å². The third kappa shape index (κ3) is 2.41. The van der Waals surface area contributed by atoms with Gasteiger partial charge in [-0.2, -0.15) is 0 Å². The number of rotatable bonds is 3. The van der Waals surface area contributed by atoms with Crippen LogP contribution in [0.15, 0.2) is 18.5 Å². The highest BCUT2D eigenvalue weighted by molar-refractivity contribution is 5.75. The number of amides is 1. The van der Waals surface area contributed by atoms with Crippen LogP contribution < -0.4 is 17.2 Å². The predicted octanol–water partition coefficient (Wildman–Crippen LogP) is -0.461. The van der Waals surface area contributed by atoms with Crippen molar-refractivity contribution < 1.29 is 4.79 Å². The van der Waals surface area contributed by atoms with Crippen molar-refractivity contribution in [2.24, 2.45) is 11.5 Å². The minimum atomic E-state index is -0.466. The SMILES string of the molecule is NC(=O)CC(N)c1cnccc1N. The second-order valence-corrected chi connectivity index (χ2v) is 2.78. The lowest BCUT2D eigenvalue weighted by Gasteiger charge is -2.11. The van der Waals surface area contributed by atoms with Gasteiger partial charge in [-0.15, -0.1) is 0 Å². The maximum Gasteiger partial charge on any atom is 0.219 e. The van der Waals surface area contributed by atoms with Crippen LogP contribution in [-0.2, 0) is 4.79 Å². The van der Waals surface area contributed by atoms with E-state index in [1.54, 1.807) is 18.5 Å². The Morgan fingerprint density at radius 3 is 2.85 bits per heavy atom. The fourth-order valence-electron chi connectivity index (χ4n) is 1.05. The zero-order valence-electron chi connectivity index (χ0n) is 7.10. The van der Waals surface area contributed by atoms with E-state index in [-0.39, 0.29) is 6.42 Å². The molecule has 5 nitrogen and oxygen atoms in total. The average Bonchev–Trinajstić information content (AvgIpc) is 2.03. The quantitative estimate of drug-likeness (QED) is 0.584. The molecule has 0 aliphatic rings. The summed E-state index contributed by atoms with van der Waals surface area (Å²) in [6, 6.07) is 1.17. The van der Waals surface area contributed by atoms with Crippen LogP contribution in [0.5, 0.6) is 0 Å². The molecule has 0 spiro atoms. The highest BCUT2D eigenvalue weighted by Gasteiger charge is 2.11. The first kappa shape index (κ1) is 9.47. The first-order chi connectivity index (χ1) is 6.11. The Labute approximate surface area is 75.9 Å². The summed E-state index contributed by atoms with van der Waals surface area (Å²) in [4.78, 5) is 14.4. The summed E-state index contributed by atoms with van der Waals surface area (Å²) in [7, 11) is 0. The lowest BCUT2D eigenvalue weighted by Crippen LogP contribution is -2.21. The molecule has 1 rings (SSSR count). The van der Waals surface area contributed by atoms with Crippen molar-refractivity contribution in [3.05, 3.63) is 24.0 Å². The molecule has 5 heteroatoms. The Morgan fingerprint density at radius 2 is 2.31 bits per heavy atom. The number of primary amides is 1. The molecule has 0 aromatic carbocycles. The summed E-state index contributed by atoms with van der Waals surface area (Å²) >= 11 is 0. The molecule has 0 aliphatic carbocycles. The number of hydrogen-bond acceptors (Lipinski definition) is 4. The zero-order chi connectivity index (χ0) is 9.84. The molecule has 0 saturated heterocycles. The van der Waals surface area contributed by atoms with Crippen molar-refractivity contribution in [1.29, 1.82) is 0 Å². The summed E-state index contributed by atoms with van der Waals surface area (Å²) < 4.78 is 0. The molecule has 1 aromatic rings. The van der Waals surface area contributed by atoms with Gasteiger partial charge in [0.05, 0.1) is 0 Å². The highest BCUT2D eigenvalue weighted by Crippen LogP contribution is 2.18. The van der Waals surface area contributed by atoms with Gasteiger partial charge in [-0.1, -0.05) is 0 Å². The van der Waals surface area contributed by atoms with Crippen molar-refractivity contribution in [3.8, 4) is 0 Å². The molecular weight excluding hydrogens is 168 g/mol. The molecule has 1 amide bonds. The van der Waals surface area contributed by atoms with Crippen molar-refractivity contribution in [2.45, 2.75) is 12.5 Å². The average molecular weight is 180 g/mol. The van der Waals surface area contributed by atoms with Gasteiger partial charge in [-0.25, -0.2) is 0 Å². The second kappa shape index (κ2) is 3.86. The van der Waals surface area contributed by atoms with Crippen LogP contribution in [0.4, 0.5) is 5.69 Å². The van der Waals surface area contributed by atoms with Crippen molar-refractivity contribution >= 4 is 11.6 Å². The number of anilines is 1. The third-order valence-corrected chi connectivity index (χ3v) is 1.71. The molecule has 1 atom stereocenters. The van der Waals surface area contributed by atoms with E-state index in [1.807, 2.05) is 0 Å². The third-order valence-electron chi connectivity index (χ3n) is 1.71. The minimum Gasteiger partial charge on any atom is -0.398 e. The molecule has 0 saturated carbocycles. The number of carbonyl (C=O) groups is 1. The standard InChI is InChI=1S/C8H12N4O/c9-6-1-2-12-4-5(6)7(10)3-8(11)13/h1-2,4,7H,3,10H2,(H2,9,12)(H2,11,13). The van der Waals surface area contributed by atoms with Gasteiger partial charge in [0.2, 0.25) is 5.91 Å². The van der Waals surface area contributed by atoms with Gasteiger partial charge in [0.15, 0.2) is 0 Å². The van der Waals surface area contributed by atoms with Crippen LogP contribution in [0, 0.1) is 0 Å². The maximum atomic E-state index is 10.6. The van der Waals surface area contributed by atoms with Gasteiger partial charge in [0.25, 0.3) is 0 Å². The van der Waals surface area contributed by atoms with Crippen molar-refractivity contribution in [2.75, 3.05) is 5.73 Å². The summed E-state index contributed by atoms with van der Waals surface area (Å²) in [5.74, 6) is -0.448. The van der Waals surface area contributed by atoms with E-state index in [1.165, 1.54) is 0 Å². The van der Waals surface area contributed by atoms with E-state index >= 15 is 0 Å². The number of hydrogen-bond donors (Lipinski definition) is 3. The largest absolute Gasteiger partial charge is 0.398 e. The van der Waals surface area contributed by atoms with Crippen LogP contribution in [0.1, 0.15) is 18.0 Å². The Morgan fingerprint density at radius 1 is 1.62 bits per heavy atom. The Balaban J connectivity index is 2.82. The van der Waals surface area contributed by atoms with Crippen LogP contribution >= 0.6 is 0 Å². The van der Waals surface area contributed by atoms with E-state index in [9.17, 15) is 4.79 Å². The molecular formula is C8H12N4O. The molecule has 6 N–H and O–H groups in total. The maximum absolute atomic E-state index is 10.6. The number of carbonyl (C=O) groups excluding carboxylic acids is 1. The van der Waals surface area contributed by atoms with E-state index < -0.39 is 11.9 Å². The van der Waals surface area contributed by atoms with Gasteiger partial charge < -0.3 is 17.2 Å². The van der Waals surface area contributed by atoms with Crippen LogP contribution in [0.25, 0.3) is 0 Å². The molecule has 0 aliphatic heterocycles. The molecule has 13 heavy (non-hydrogen) atoms. The minimum absolute atomic E-state index is 0.0793. The molecule has 0 bridgehead atoms.